The van der Waals surface area contributed by atoms with E-state index in [1.54, 1.807) is 4.90 Å². The Bertz CT molecular complexity index is 400. The SMILES string of the molecule is CC1(C(N)=O)CCN(CC(=O)N2CCC(=O)CC2)C1. The fourth-order valence-electron chi connectivity index (χ4n) is 2.69. The number of carbonyl (C=O) groups is 3. The molecule has 2 fully saturated rings. The minimum Gasteiger partial charge on any atom is -0.369 e. The Labute approximate surface area is 112 Å². The molecule has 2 rings (SSSR count). The summed E-state index contributed by atoms with van der Waals surface area (Å²) in [6.07, 6.45) is 1.63. The van der Waals surface area contributed by atoms with Crippen LogP contribution < -0.4 is 5.73 Å². The average Bonchev–Trinajstić information content (AvgIpc) is 2.73. The highest BCUT2D eigenvalue weighted by atomic mass is 16.2. The molecule has 0 spiro atoms. The Morgan fingerprint density at radius 1 is 1.26 bits per heavy atom. The second kappa shape index (κ2) is 5.28. The normalized spacial score (nSPS) is 28.7. The highest BCUT2D eigenvalue weighted by Gasteiger charge is 2.39. The molecule has 2 saturated heterocycles. The largest absolute Gasteiger partial charge is 0.369 e. The van der Waals surface area contributed by atoms with Gasteiger partial charge in [0.2, 0.25) is 11.8 Å². The van der Waals surface area contributed by atoms with Crippen LogP contribution in [0, 0.1) is 5.41 Å². The molecule has 2 heterocycles. The van der Waals surface area contributed by atoms with Crippen molar-refractivity contribution in [3.8, 4) is 0 Å². The van der Waals surface area contributed by atoms with Crippen LogP contribution in [0.25, 0.3) is 0 Å². The predicted molar refractivity (Wildman–Crippen MR) is 69.2 cm³/mol. The number of Topliss-reactive ketones (excluding diaryl/α,β-unsaturated/α-hetero) is 1. The van der Waals surface area contributed by atoms with Crippen LogP contribution in [0.2, 0.25) is 0 Å². The molecule has 0 aromatic heterocycles. The minimum absolute atomic E-state index is 0.0428. The molecule has 1 unspecified atom stereocenters. The van der Waals surface area contributed by atoms with Crippen molar-refractivity contribution >= 4 is 17.6 Å². The van der Waals surface area contributed by atoms with Gasteiger partial charge in [-0.15, -0.1) is 0 Å². The van der Waals surface area contributed by atoms with Crippen LogP contribution >= 0.6 is 0 Å². The summed E-state index contributed by atoms with van der Waals surface area (Å²) in [5, 5.41) is 0. The Hall–Kier alpha value is -1.43. The van der Waals surface area contributed by atoms with Gasteiger partial charge in [-0.3, -0.25) is 19.3 Å². The third kappa shape index (κ3) is 3.12. The number of nitrogens with zero attached hydrogens (tertiary/aromatic N) is 2. The molecule has 6 heteroatoms. The Morgan fingerprint density at radius 2 is 1.89 bits per heavy atom. The van der Waals surface area contributed by atoms with E-state index in [0.717, 1.165) is 6.54 Å². The van der Waals surface area contributed by atoms with E-state index in [4.69, 9.17) is 5.73 Å². The van der Waals surface area contributed by atoms with Crippen LogP contribution in [0.1, 0.15) is 26.2 Å². The Morgan fingerprint density at radius 3 is 2.42 bits per heavy atom. The zero-order chi connectivity index (χ0) is 14.0. The van der Waals surface area contributed by atoms with Gasteiger partial charge in [-0.2, -0.15) is 0 Å². The fourth-order valence-corrected chi connectivity index (χ4v) is 2.69. The number of primary amides is 1. The molecule has 19 heavy (non-hydrogen) atoms. The number of likely N-dealkylation sites (tertiary alicyclic amines) is 2. The predicted octanol–water partition coefficient (Wildman–Crippen LogP) is -0.625. The lowest BCUT2D eigenvalue weighted by Crippen LogP contribution is -2.45. The Kier molecular flexibility index (Phi) is 3.89. The number of carbonyl (C=O) groups excluding carboxylic acids is 3. The van der Waals surface area contributed by atoms with Crippen molar-refractivity contribution < 1.29 is 14.4 Å². The molecule has 6 nitrogen and oxygen atoms in total. The lowest BCUT2D eigenvalue weighted by molar-refractivity contribution is -0.136. The van der Waals surface area contributed by atoms with Gasteiger partial charge >= 0.3 is 0 Å². The smallest absolute Gasteiger partial charge is 0.236 e. The van der Waals surface area contributed by atoms with Gasteiger partial charge in [0, 0.05) is 32.5 Å². The third-order valence-electron chi connectivity index (χ3n) is 4.18. The molecule has 0 aliphatic carbocycles. The summed E-state index contributed by atoms with van der Waals surface area (Å²) in [7, 11) is 0. The monoisotopic (exact) mass is 267 g/mol. The number of nitrogens with two attached hydrogens (primary N) is 1. The molecule has 0 bridgehead atoms. The minimum atomic E-state index is -0.516. The van der Waals surface area contributed by atoms with Crippen molar-refractivity contribution in [1.29, 1.82) is 0 Å². The van der Waals surface area contributed by atoms with E-state index in [1.807, 2.05) is 11.8 Å². The number of piperidine rings is 1. The molecule has 2 N–H and O–H groups in total. The quantitative estimate of drug-likeness (QED) is 0.738. The number of rotatable bonds is 3. The zero-order valence-electron chi connectivity index (χ0n) is 11.4. The molecule has 1 atom stereocenters. The van der Waals surface area contributed by atoms with Crippen molar-refractivity contribution in [3.63, 3.8) is 0 Å². The lowest BCUT2D eigenvalue weighted by atomic mass is 9.89. The van der Waals surface area contributed by atoms with Gasteiger partial charge in [0.25, 0.3) is 0 Å². The van der Waals surface area contributed by atoms with E-state index >= 15 is 0 Å². The van der Waals surface area contributed by atoms with E-state index in [-0.39, 0.29) is 17.6 Å². The molecule has 0 aromatic carbocycles. The second-order valence-corrected chi connectivity index (χ2v) is 5.81. The van der Waals surface area contributed by atoms with E-state index < -0.39 is 5.41 Å². The summed E-state index contributed by atoms with van der Waals surface area (Å²) >= 11 is 0. The first-order valence-corrected chi connectivity index (χ1v) is 6.72. The second-order valence-electron chi connectivity index (χ2n) is 5.81. The maximum absolute atomic E-state index is 12.1. The van der Waals surface area contributed by atoms with Crippen molar-refractivity contribution in [3.05, 3.63) is 0 Å². The van der Waals surface area contributed by atoms with Crippen LogP contribution in [0.15, 0.2) is 0 Å². The first-order chi connectivity index (χ1) is 8.90. The van der Waals surface area contributed by atoms with E-state index in [9.17, 15) is 14.4 Å². The number of amides is 2. The third-order valence-corrected chi connectivity index (χ3v) is 4.18. The van der Waals surface area contributed by atoms with Crippen molar-refractivity contribution in [2.75, 3.05) is 32.7 Å². The fraction of sp³-hybridized carbons (Fsp3) is 0.769. The highest BCUT2D eigenvalue weighted by Crippen LogP contribution is 2.29. The van der Waals surface area contributed by atoms with E-state index in [2.05, 4.69) is 0 Å². The number of hydrogen-bond donors (Lipinski definition) is 1. The topological polar surface area (TPSA) is 83.7 Å². The van der Waals surface area contributed by atoms with Crippen LogP contribution in [0.5, 0.6) is 0 Å². The van der Waals surface area contributed by atoms with Crippen molar-refractivity contribution in [2.45, 2.75) is 26.2 Å². The first kappa shape index (κ1) is 14.0. The molecular weight excluding hydrogens is 246 g/mol. The maximum atomic E-state index is 12.1. The van der Waals surface area contributed by atoms with E-state index in [0.29, 0.717) is 45.4 Å². The van der Waals surface area contributed by atoms with Gasteiger partial charge in [0.15, 0.2) is 0 Å². The van der Waals surface area contributed by atoms with Gasteiger partial charge in [-0.25, -0.2) is 0 Å². The maximum Gasteiger partial charge on any atom is 0.236 e. The molecule has 2 amide bonds. The summed E-state index contributed by atoms with van der Waals surface area (Å²) in [4.78, 5) is 38.3. The summed E-state index contributed by atoms with van der Waals surface area (Å²) in [5.74, 6) is -0.0289. The van der Waals surface area contributed by atoms with Crippen LogP contribution in [-0.4, -0.2) is 60.1 Å². The number of ketones is 1. The van der Waals surface area contributed by atoms with Gasteiger partial charge in [-0.1, -0.05) is 0 Å². The highest BCUT2D eigenvalue weighted by molar-refractivity contribution is 5.84. The number of hydrogen-bond acceptors (Lipinski definition) is 4. The Balaban J connectivity index is 1.84. The van der Waals surface area contributed by atoms with Gasteiger partial charge in [0.05, 0.1) is 12.0 Å². The standard InChI is InChI=1S/C13H21N3O3/c1-13(12(14)19)4-7-15(9-13)8-11(18)16-5-2-10(17)3-6-16/h2-9H2,1H3,(H2,14,19). The van der Waals surface area contributed by atoms with Crippen molar-refractivity contribution in [2.24, 2.45) is 11.1 Å². The first-order valence-electron chi connectivity index (χ1n) is 6.72. The summed E-state index contributed by atoms with van der Waals surface area (Å²) in [6, 6.07) is 0. The molecule has 106 valence electrons. The molecule has 0 radical (unpaired) electrons. The van der Waals surface area contributed by atoms with Crippen LogP contribution in [0.4, 0.5) is 0 Å². The lowest BCUT2D eigenvalue weighted by Gasteiger charge is -2.28. The zero-order valence-corrected chi connectivity index (χ0v) is 11.4. The van der Waals surface area contributed by atoms with Gasteiger partial charge in [-0.05, 0) is 19.9 Å². The van der Waals surface area contributed by atoms with Gasteiger partial charge < -0.3 is 10.6 Å². The van der Waals surface area contributed by atoms with Gasteiger partial charge in [0.1, 0.15) is 5.78 Å². The molecule has 2 aliphatic heterocycles. The van der Waals surface area contributed by atoms with E-state index in [1.165, 1.54) is 0 Å². The van der Waals surface area contributed by atoms with Crippen molar-refractivity contribution in [1.82, 2.24) is 9.80 Å². The molecule has 0 saturated carbocycles. The molecule has 2 aliphatic rings. The molecular formula is C13H21N3O3. The van der Waals surface area contributed by atoms with Crippen LogP contribution in [-0.2, 0) is 14.4 Å². The summed E-state index contributed by atoms with van der Waals surface area (Å²) < 4.78 is 0. The average molecular weight is 267 g/mol. The van der Waals surface area contributed by atoms with Crippen LogP contribution in [0.3, 0.4) is 0 Å². The summed E-state index contributed by atoms with van der Waals surface area (Å²) in [5.41, 5.74) is 4.87. The molecule has 0 aromatic rings. The summed E-state index contributed by atoms with van der Waals surface area (Å²) in [6.45, 7) is 4.48.